The third-order valence-corrected chi connectivity index (χ3v) is 5.97. The van der Waals surface area contributed by atoms with Crippen LogP contribution in [0, 0.1) is 5.82 Å². The van der Waals surface area contributed by atoms with Gasteiger partial charge in [0.15, 0.2) is 5.16 Å². The zero-order valence-electron chi connectivity index (χ0n) is 17.0. The van der Waals surface area contributed by atoms with E-state index in [0.717, 1.165) is 5.56 Å². The first-order valence-electron chi connectivity index (χ1n) is 9.94. The first kappa shape index (κ1) is 20.1. The number of hydrogen-bond donors (Lipinski definition) is 0. The molecule has 32 heavy (non-hydrogen) atoms. The average Bonchev–Trinajstić information content (AvgIpc) is 3.31. The average molecular weight is 444 g/mol. The van der Waals surface area contributed by atoms with Crippen LogP contribution >= 0.6 is 11.8 Å². The lowest BCUT2D eigenvalue weighted by atomic mass is 10.2. The standard InChI is InChI=1S/C24H17FN4O2S/c1-15(21-27-28-22(31-21)16-9-3-2-4-10-16)32-24-26-19-13-7-5-11-17(19)23(30)29(24)20-14-8-6-12-18(20)25/h2-15H,1H3. The van der Waals surface area contributed by atoms with Gasteiger partial charge in [0, 0.05) is 5.56 Å². The van der Waals surface area contributed by atoms with E-state index in [1.807, 2.05) is 43.3 Å². The zero-order chi connectivity index (χ0) is 22.1. The smallest absolute Gasteiger partial charge is 0.266 e. The Hall–Kier alpha value is -3.78. The summed E-state index contributed by atoms with van der Waals surface area (Å²) in [6, 6.07) is 22.6. The molecule has 8 heteroatoms. The van der Waals surface area contributed by atoms with Gasteiger partial charge in [-0.1, -0.05) is 54.2 Å². The lowest BCUT2D eigenvalue weighted by Gasteiger charge is -2.15. The Morgan fingerprint density at radius 3 is 2.47 bits per heavy atom. The summed E-state index contributed by atoms with van der Waals surface area (Å²) in [6.07, 6.45) is 0. The van der Waals surface area contributed by atoms with E-state index < -0.39 is 5.82 Å². The highest BCUT2D eigenvalue weighted by Gasteiger charge is 2.22. The molecule has 2 heterocycles. The molecule has 1 atom stereocenters. The molecule has 0 fully saturated rings. The number of para-hydroxylation sites is 2. The van der Waals surface area contributed by atoms with Crippen molar-refractivity contribution in [2.75, 3.05) is 0 Å². The molecule has 5 aromatic rings. The van der Waals surface area contributed by atoms with Crippen LogP contribution in [0.2, 0.25) is 0 Å². The second-order valence-corrected chi connectivity index (χ2v) is 8.38. The van der Waals surface area contributed by atoms with Crippen molar-refractivity contribution in [2.24, 2.45) is 0 Å². The third-order valence-electron chi connectivity index (χ3n) is 4.93. The minimum Gasteiger partial charge on any atom is -0.419 e. The van der Waals surface area contributed by atoms with E-state index in [1.165, 1.54) is 22.4 Å². The van der Waals surface area contributed by atoms with E-state index in [9.17, 15) is 9.18 Å². The van der Waals surface area contributed by atoms with Crippen molar-refractivity contribution in [2.45, 2.75) is 17.3 Å². The quantitative estimate of drug-likeness (QED) is 0.266. The van der Waals surface area contributed by atoms with Gasteiger partial charge in [0.2, 0.25) is 11.8 Å². The largest absolute Gasteiger partial charge is 0.419 e. The monoisotopic (exact) mass is 444 g/mol. The molecule has 2 aromatic heterocycles. The van der Waals surface area contributed by atoms with E-state index in [4.69, 9.17) is 4.42 Å². The molecule has 6 nitrogen and oxygen atoms in total. The molecule has 5 rings (SSSR count). The molecule has 0 amide bonds. The number of benzene rings is 3. The number of aromatic nitrogens is 4. The lowest BCUT2D eigenvalue weighted by Crippen LogP contribution is -2.22. The molecule has 0 aliphatic heterocycles. The SMILES string of the molecule is CC(Sc1nc2ccccc2c(=O)n1-c1ccccc1F)c1nnc(-c2ccccc2)o1. The Morgan fingerprint density at radius 1 is 0.938 bits per heavy atom. The van der Waals surface area contributed by atoms with E-state index >= 15 is 0 Å². The summed E-state index contributed by atoms with van der Waals surface area (Å²) in [6.45, 7) is 1.87. The molecule has 0 saturated heterocycles. The van der Waals surface area contributed by atoms with Crippen LogP contribution in [-0.2, 0) is 0 Å². The molecule has 0 bridgehead atoms. The minimum absolute atomic E-state index is 0.140. The maximum absolute atomic E-state index is 14.6. The Kier molecular flexibility index (Phi) is 5.28. The molecule has 0 aliphatic rings. The van der Waals surface area contributed by atoms with E-state index in [1.54, 1.807) is 36.4 Å². The van der Waals surface area contributed by atoms with Crippen LogP contribution in [0.5, 0.6) is 0 Å². The Balaban J connectivity index is 1.58. The van der Waals surface area contributed by atoms with Crippen LogP contribution in [0.25, 0.3) is 28.0 Å². The topological polar surface area (TPSA) is 73.8 Å². The molecule has 0 spiro atoms. The maximum Gasteiger partial charge on any atom is 0.266 e. The van der Waals surface area contributed by atoms with Crippen molar-refractivity contribution in [3.05, 3.63) is 101 Å². The van der Waals surface area contributed by atoms with Gasteiger partial charge in [-0.3, -0.25) is 9.36 Å². The van der Waals surface area contributed by atoms with Gasteiger partial charge in [0.25, 0.3) is 5.56 Å². The van der Waals surface area contributed by atoms with Crippen molar-refractivity contribution < 1.29 is 8.81 Å². The van der Waals surface area contributed by atoms with E-state index in [0.29, 0.717) is 27.8 Å². The molecule has 3 aromatic carbocycles. The third kappa shape index (κ3) is 3.69. The highest BCUT2D eigenvalue weighted by molar-refractivity contribution is 7.99. The van der Waals surface area contributed by atoms with Gasteiger partial charge in [0.1, 0.15) is 5.82 Å². The fraction of sp³-hybridized carbons (Fsp3) is 0.0833. The zero-order valence-corrected chi connectivity index (χ0v) is 17.8. The predicted molar refractivity (Wildman–Crippen MR) is 121 cm³/mol. The molecule has 0 saturated carbocycles. The van der Waals surface area contributed by atoms with Crippen molar-refractivity contribution in [1.82, 2.24) is 19.7 Å². The maximum atomic E-state index is 14.6. The van der Waals surface area contributed by atoms with Gasteiger partial charge in [-0.2, -0.15) is 0 Å². The molecule has 0 N–H and O–H groups in total. The van der Waals surface area contributed by atoms with Gasteiger partial charge in [-0.15, -0.1) is 10.2 Å². The lowest BCUT2D eigenvalue weighted by molar-refractivity contribution is 0.508. The molecular weight excluding hydrogens is 427 g/mol. The number of rotatable bonds is 5. The number of fused-ring (bicyclic) bond motifs is 1. The van der Waals surface area contributed by atoms with Crippen molar-refractivity contribution in [3.8, 4) is 17.1 Å². The van der Waals surface area contributed by atoms with Crippen LogP contribution in [-0.4, -0.2) is 19.7 Å². The fourth-order valence-electron chi connectivity index (χ4n) is 3.34. The summed E-state index contributed by atoms with van der Waals surface area (Å²) in [5.74, 6) is 0.285. The van der Waals surface area contributed by atoms with E-state index in [-0.39, 0.29) is 16.5 Å². The van der Waals surface area contributed by atoms with Gasteiger partial charge in [-0.25, -0.2) is 9.37 Å². The Bertz CT molecular complexity index is 1470. The normalized spacial score (nSPS) is 12.2. The highest BCUT2D eigenvalue weighted by atomic mass is 32.2. The molecule has 158 valence electrons. The van der Waals surface area contributed by atoms with Crippen LogP contribution in [0.3, 0.4) is 0 Å². The fourth-order valence-corrected chi connectivity index (χ4v) is 4.29. The second-order valence-electron chi connectivity index (χ2n) is 7.08. The van der Waals surface area contributed by atoms with Gasteiger partial charge in [-0.05, 0) is 43.3 Å². The van der Waals surface area contributed by atoms with Crippen LogP contribution in [0.15, 0.2) is 93.2 Å². The summed E-state index contributed by atoms with van der Waals surface area (Å²) < 4.78 is 21.8. The predicted octanol–water partition coefficient (Wildman–Crippen LogP) is 5.43. The summed E-state index contributed by atoms with van der Waals surface area (Å²) >= 11 is 1.25. The Labute approximate surface area is 186 Å². The molecule has 0 aliphatic carbocycles. The first-order chi connectivity index (χ1) is 15.6. The van der Waals surface area contributed by atoms with Gasteiger partial charge in [0.05, 0.1) is 21.8 Å². The van der Waals surface area contributed by atoms with E-state index in [2.05, 4.69) is 15.2 Å². The Morgan fingerprint density at radius 2 is 1.66 bits per heavy atom. The van der Waals surface area contributed by atoms with Gasteiger partial charge >= 0.3 is 0 Å². The van der Waals surface area contributed by atoms with Crippen molar-refractivity contribution in [1.29, 1.82) is 0 Å². The second kappa shape index (κ2) is 8.39. The number of hydrogen-bond acceptors (Lipinski definition) is 6. The van der Waals surface area contributed by atoms with Gasteiger partial charge < -0.3 is 4.42 Å². The van der Waals surface area contributed by atoms with Crippen LogP contribution < -0.4 is 5.56 Å². The molecular formula is C24H17FN4O2S. The summed E-state index contributed by atoms with van der Waals surface area (Å²) in [5, 5.41) is 8.72. The number of halogens is 1. The van der Waals surface area contributed by atoms with Crippen LogP contribution in [0.4, 0.5) is 4.39 Å². The van der Waals surface area contributed by atoms with Crippen molar-refractivity contribution in [3.63, 3.8) is 0 Å². The molecule has 0 radical (unpaired) electrons. The number of nitrogens with zero attached hydrogens (tertiary/aromatic N) is 4. The summed E-state index contributed by atoms with van der Waals surface area (Å²) in [5.41, 5.74) is 1.15. The summed E-state index contributed by atoms with van der Waals surface area (Å²) in [7, 11) is 0. The summed E-state index contributed by atoms with van der Waals surface area (Å²) in [4.78, 5) is 18.0. The first-order valence-corrected chi connectivity index (χ1v) is 10.8. The molecule has 1 unspecified atom stereocenters. The van der Waals surface area contributed by atoms with Crippen LogP contribution in [0.1, 0.15) is 18.1 Å². The number of thioether (sulfide) groups is 1. The highest BCUT2D eigenvalue weighted by Crippen LogP contribution is 2.35. The minimum atomic E-state index is -0.509. The van der Waals surface area contributed by atoms with Crippen molar-refractivity contribution >= 4 is 22.7 Å².